The van der Waals surface area contributed by atoms with Gasteiger partial charge in [0.2, 0.25) is 0 Å². The molecule has 0 unspecified atom stereocenters. The predicted octanol–water partition coefficient (Wildman–Crippen LogP) is 9.68. The fraction of sp³-hybridized carbons (Fsp3) is 0.0952. The van der Waals surface area contributed by atoms with Crippen LogP contribution in [0.15, 0.2) is 162 Å². The van der Waals surface area contributed by atoms with E-state index in [0.29, 0.717) is 18.2 Å². The predicted molar refractivity (Wildman–Crippen MR) is 189 cm³/mol. The van der Waals surface area contributed by atoms with E-state index in [4.69, 9.17) is 15.7 Å². The first-order chi connectivity index (χ1) is 22.0. The van der Waals surface area contributed by atoms with Crippen molar-refractivity contribution in [1.82, 2.24) is 0 Å². The molecule has 1 aliphatic carbocycles. The molecule has 0 bridgehead atoms. The molecule has 218 valence electrons. The van der Waals surface area contributed by atoms with Gasteiger partial charge in [0.05, 0.1) is 6.54 Å². The minimum atomic E-state index is 0.00874. The third-order valence-electron chi connectivity index (χ3n) is 8.81. The number of hydrogen-bond acceptors (Lipinski definition) is 1. The molecule has 3 nitrogen and oxygen atoms in total. The van der Waals surface area contributed by atoms with Crippen molar-refractivity contribution in [1.29, 1.82) is 0 Å². The Labute approximate surface area is 265 Å². The quantitative estimate of drug-likeness (QED) is 0.154. The van der Waals surface area contributed by atoms with Crippen molar-refractivity contribution < 1.29 is 0 Å². The largest absolute Gasteiger partial charge is 0.383 e. The molecule has 2 N–H and O–H groups in total. The Bertz CT molecular complexity index is 2040. The Balaban J connectivity index is 1.16. The second kappa shape index (κ2) is 11.9. The van der Waals surface area contributed by atoms with Gasteiger partial charge in [-0.05, 0) is 62.2 Å². The molecule has 6 aromatic rings. The molecule has 0 saturated heterocycles. The van der Waals surface area contributed by atoms with Crippen molar-refractivity contribution in [2.45, 2.75) is 25.8 Å². The topological polar surface area (TPSA) is 50.7 Å². The zero-order valence-electron chi connectivity index (χ0n) is 25.6. The summed E-state index contributed by atoms with van der Waals surface area (Å²) in [6.45, 7) is 5.17. The van der Waals surface area contributed by atoms with E-state index in [1.807, 2.05) is 60.7 Å². The second-order valence-corrected chi connectivity index (χ2v) is 12.1. The highest BCUT2D eigenvalue weighted by Crippen LogP contribution is 2.49. The van der Waals surface area contributed by atoms with E-state index < -0.39 is 0 Å². The summed E-state index contributed by atoms with van der Waals surface area (Å²) in [6, 6.07) is 52.9. The van der Waals surface area contributed by atoms with Gasteiger partial charge in [0, 0.05) is 16.5 Å². The van der Waals surface area contributed by atoms with Crippen LogP contribution in [0.25, 0.3) is 33.4 Å². The Morgan fingerprint density at radius 1 is 0.533 bits per heavy atom. The molecule has 0 spiro atoms. The summed E-state index contributed by atoms with van der Waals surface area (Å²) in [6.07, 6.45) is 0. The maximum atomic E-state index is 6.56. The van der Waals surface area contributed by atoms with Crippen molar-refractivity contribution in [3.05, 3.63) is 179 Å². The zero-order chi connectivity index (χ0) is 30.8. The van der Waals surface area contributed by atoms with Crippen molar-refractivity contribution in [3.8, 4) is 33.4 Å². The highest BCUT2D eigenvalue weighted by molar-refractivity contribution is 6.11. The van der Waals surface area contributed by atoms with Crippen molar-refractivity contribution in [2.75, 3.05) is 0 Å². The van der Waals surface area contributed by atoms with Gasteiger partial charge in [-0.1, -0.05) is 153 Å². The number of fused-ring (bicyclic) bond motifs is 3. The molecule has 3 heteroatoms. The van der Waals surface area contributed by atoms with Crippen LogP contribution in [-0.4, -0.2) is 11.7 Å². The van der Waals surface area contributed by atoms with Gasteiger partial charge in [0.15, 0.2) is 5.84 Å². The fourth-order valence-electron chi connectivity index (χ4n) is 6.32. The van der Waals surface area contributed by atoms with Gasteiger partial charge in [0.25, 0.3) is 0 Å². The third-order valence-corrected chi connectivity index (χ3v) is 8.81. The Hall–Kier alpha value is -5.54. The lowest BCUT2D eigenvalue weighted by Crippen LogP contribution is -2.16. The van der Waals surface area contributed by atoms with Gasteiger partial charge in [0.1, 0.15) is 5.84 Å². The van der Waals surface area contributed by atoms with Gasteiger partial charge in [-0.2, -0.15) is 0 Å². The smallest absolute Gasteiger partial charge is 0.157 e. The van der Waals surface area contributed by atoms with Gasteiger partial charge >= 0.3 is 0 Å². The molecule has 0 fully saturated rings. The molecule has 45 heavy (non-hydrogen) atoms. The minimum Gasteiger partial charge on any atom is -0.383 e. The summed E-state index contributed by atoms with van der Waals surface area (Å²) in [5.41, 5.74) is 19.6. The van der Waals surface area contributed by atoms with Crippen molar-refractivity contribution in [2.24, 2.45) is 15.7 Å². The molecular formula is C42H35N3. The molecule has 0 saturated carbocycles. The van der Waals surface area contributed by atoms with E-state index in [1.54, 1.807) is 0 Å². The Morgan fingerprint density at radius 2 is 1.13 bits per heavy atom. The maximum Gasteiger partial charge on any atom is 0.157 e. The highest BCUT2D eigenvalue weighted by atomic mass is 15.0. The molecule has 0 atom stereocenters. The standard InChI is InChI=1S/C42H35N3/c1-42(2)38-19-10-9-18-36(38)37-27-35(24-25-39(37)42)34-17-11-16-33(26-34)30-20-22-31(23-21-30)40(43)45-41(32-14-7-4-8-15-32)44-28-29-12-5-3-6-13-29/h3-27H,28H2,1-2H3,(H2,43,44,45). The van der Waals surface area contributed by atoms with Crippen LogP contribution in [0.4, 0.5) is 0 Å². The van der Waals surface area contributed by atoms with Crippen molar-refractivity contribution >= 4 is 11.7 Å². The highest BCUT2D eigenvalue weighted by Gasteiger charge is 2.35. The van der Waals surface area contributed by atoms with E-state index in [9.17, 15) is 0 Å². The van der Waals surface area contributed by atoms with Crippen LogP contribution >= 0.6 is 0 Å². The Kier molecular flexibility index (Phi) is 7.44. The van der Waals surface area contributed by atoms with Crippen LogP contribution in [0.1, 0.15) is 41.7 Å². The lowest BCUT2D eigenvalue weighted by molar-refractivity contribution is 0.660. The Morgan fingerprint density at radius 3 is 1.89 bits per heavy atom. The normalized spacial score (nSPS) is 13.7. The molecule has 0 aliphatic heterocycles. The average Bonchev–Trinajstić information content (AvgIpc) is 3.33. The molecule has 1 aliphatic rings. The first-order valence-corrected chi connectivity index (χ1v) is 15.4. The first kappa shape index (κ1) is 28.2. The number of rotatable bonds is 6. The third kappa shape index (κ3) is 5.61. The van der Waals surface area contributed by atoms with E-state index in [0.717, 1.165) is 27.8 Å². The summed E-state index contributed by atoms with van der Waals surface area (Å²) in [5, 5.41) is 0. The van der Waals surface area contributed by atoms with E-state index >= 15 is 0 Å². The molecule has 0 heterocycles. The molecule has 0 aromatic heterocycles. The minimum absolute atomic E-state index is 0.00874. The van der Waals surface area contributed by atoms with Crippen LogP contribution < -0.4 is 5.73 Å². The van der Waals surface area contributed by atoms with Crippen LogP contribution in [-0.2, 0) is 12.0 Å². The molecule has 6 aromatic carbocycles. The lowest BCUT2D eigenvalue weighted by Gasteiger charge is -2.21. The van der Waals surface area contributed by atoms with Crippen LogP contribution in [0.2, 0.25) is 0 Å². The first-order valence-electron chi connectivity index (χ1n) is 15.4. The number of nitrogens with two attached hydrogens (primary N) is 1. The summed E-state index contributed by atoms with van der Waals surface area (Å²) in [4.78, 5) is 9.61. The molecule has 0 amide bonds. The van der Waals surface area contributed by atoms with E-state index in [-0.39, 0.29) is 5.41 Å². The number of nitrogens with zero attached hydrogens (tertiary/aromatic N) is 2. The zero-order valence-corrected chi connectivity index (χ0v) is 25.6. The second-order valence-electron chi connectivity index (χ2n) is 12.1. The fourth-order valence-corrected chi connectivity index (χ4v) is 6.32. The summed E-state index contributed by atoms with van der Waals surface area (Å²) in [5.74, 6) is 1.06. The van der Waals surface area contributed by atoms with Gasteiger partial charge < -0.3 is 5.73 Å². The monoisotopic (exact) mass is 581 g/mol. The number of benzene rings is 6. The SMILES string of the molecule is CC1(C)c2ccccc2-c2cc(-c3cccc(-c4ccc(C(N)=NC(=NCc5ccccc5)c5ccccc5)cc4)c3)ccc21. The maximum absolute atomic E-state index is 6.56. The van der Waals surface area contributed by atoms with Crippen LogP contribution in [0.3, 0.4) is 0 Å². The number of hydrogen-bond donors (Lipinski definition) is 1. The average molecular weight is 582 g/mol. The number of aliphatic imine (C=N–C) groups is 2. The molecule has 0 radical (unpaired) electrons. The summed E-state index contributed by atoms with van der Waals surface area (Å²) >= 11 is 0. The van der Waals surface area contributed by atoms with Crippen LogP contribution in [0.5, 0.6) is 0 Å². The molecular weight excluding hydrogens is 546 g/mol. The van der Waals surface area contributed by atoms with Gasteiger partial charge in [-0.25, -0.2) is 4.99 Å². The summed E-state index contributed by atoms with van der Waals surface area (Å²) in [7, 11) is 0. The van der Waals surface area contributed by atoms with E-state index in [2.05, 4.69) is 105 Å². The summed E-state index contributed by atoms with van der Waals surface area (Å²) < 4.78 is 0. The van der Waals surface area contributed by atoms with Gasteiger partial charge in [-0.15, -0.1) is 0 Å². The van der Waals surface area contributed by atoms with E-state index in [1.165, 1.54) is 33.4 Å². The number of amidine groups is 2. The van der Waals surface area contributed by atoms with Crippen molar-refractivity contribution in [3.63, 3.8) is 0 Å². The lowest BCUT2D eigenvalue weighted by atomic mass is 9.82. The van der Waals surface area contributed by atoms with Gasteiger partial charge in [-0.3, -0.25) is 4.99 Å². The van der Waals surface area contributed by atoms with Crippen LogP contribution in [0, 0.1) is 0 Å². The molecule has 7 rings (SSSR count).